The predicted octanol–water partition coefficient (Wildman–Crippen LogP) is 4.27. The van der Waals surface area contributed by atoms with Crippen molar-refractivity contribution in [2.24, 2.45) is 0 Å². The molecule has 2 aromatic carbocycles. The van der Waals surface area contributed by atoms with E-state index in [-0.39, 0.29) is 12.5 Å². The van der Waals surface area contributed by atoms with Crippen LogP contribution in [0, 0.1) is 0 Å². The lowest BCUT2D eigenvalue weighted by Crippen LogP contribution is -2.47. The lowest BCUT2D eigenvalue weighted by molar-refractivity contribution is -0.123. The second kappa shape index (κ2) is 10.9. The lowest BCUT2D eigenvalue weighted by Gasteiger charge is -2.19. The van der Waals surface area contributed by atoms with Gasteiger partial charge in [-0.1, -0.05) is 48.0 Å². The fraction of sp³-hybridized carbons (Fsp3) is 0.192. The van der Waals surface area contributed by atoms with E-state index in [1.807, 2.05) is 43.5 Å². The first-order valence-corrected chi connectivity index (χ1v) is 11.4. The molecule has 3 N–H and O–H groups in total. The summed E-state index contributed by atoms with van der Waals surface area (Å²) in [5.74, 6) is -0.266. The minimum atomic E-state index is -0.824. The van der Waals surface area contributed by atoms with E-state index < -0.39 is 11.9 Å². The maximum Gasteiger partial charge on any atom is 0.253 e. The number of halogens is 1. The van der Waals surface area contributed by atoms with E-state index in [1.165, 1.54) is 0 Å². The molecular weight excluding hydrogens is 452 g/mol. The van der Waals surface area contributed by atoms with Gasteiger partial charge in [0, 0.05) is 41.8 Å². The van der Waals surface area contributed by atoms with Crippen molar-refractivity contribution in [2.75, 3.05) is 6.61 Å². The molecule has 34 heavy (non-hydrogen) atoms. The Hall–Kier alpha value is -3.84. The zero-order chi connectivity index (χ0) is 23.9. The van der Waals surface area contributed by atoms with Gasteiger partial charge in [0.15, 0.2) is 0 Å². The number of rotatable bonds is 9. The molecule has 4 aromatic rings. The zero-order valence-corrected chi connectivity index (χ0v) is 19.4. The standard InChI is InChI=1S/C26H25ClN4O3/c1-2-34-26-17(8-7-13-28-26)15-30-25(33)23(31-24(32)20-10-3-5-11-21(20)27)14-18-16-29-22-12-6-4-9-19(18)22/h3-13,16,23,29H,2,14-15H2,1H3,(H,30,33)(H,31,32). The van der Waals surface area contributed by atoms with Crippen LogP contribution in [-0.4, -0.2) is 34.4 Å². The highest BCUT2D eigenvalue weighted by molar-refractivity contribution is 6.33. The lowest BCUT2D eigenvalue weighted by atomic mass is 10.0. The summed E-state index contributed by atoms with van der Waals surface area (Å²) in [6.45, 7) is 2.56. The topological polar surface area (TPSA) is 96.1 Å². The summed E-state index contributed by atoms with van der Waals surface area (Å²) in [6, 6.07) is 17.4. The van der Waals surface area contributed by atoms with Crippen LogP contribution in [0.15, 0.2) is 73.1 Å². The summed E-state index contributed by atoms with van der Waals surface area (Å²) in [5, 5.41) is 7.09. The van der Waals surface area contributed by atoms with Crippen LogP contribution in [0.25, 0.3) is 10.9 Å². The average molecular weight is 477 g/mol. The van der Waals surface area contributed by atoms with Crippen molar-refractivity contribution < 1.29 is 14.3 Å². The normalized spacial score (nSPS) is 11.7. The fourth-order valence-electron chi connectivity index (χ4n) is 3.74. The molecule has 4 rings (SSSR count). The Kier molecular flexibility index (Phi) is 7.44. The maximum atomic E-state index is 13.3. The second-order valence-corrected chi connectivity index (χ2v) is 8.10. The van der Waals surface area contributed by atoms with Crippen LogP contribution in [0.2, 0.25) is 5.02 Å². The summed E-state index contributed by atoms with van der Waals surface area (Å²) in [7, 11) is 0. The van der Waals surface area contributed by atoms with Crippen LogP contribution >= 0.6 is 11.6 Å². The van der Waals surface area contributed by atoms with Gasteiger partial charge in [-0.15, -0.1) is 0 Å². The van der Waals surface area contributed by atoms with E-state index >= 15 is 0 Å². The van der Waals surface area contributed by atoms with E-state index in [9.17, 15) is 9.59 Å². The molecule has 1 unspecified atom stereocenters. The molecule has 0 saturated carbocycles. The highest BCUT2D eigenvalue weighted by atomic mass is 35.5. The molecule has 0 saturated heterocycles. The third kappa shape index (κ3) is 5.38. The quantitative estimate of drug-likeness (QED) is 0.336. The van der Waals surface area contributed by atoms with Crippen LogP contribution in [0.1, 0.15) is 28.4 Å². The molecule has 0 radical (unpaired) electrons. The summed E-state index contributed by atoms with van der Waals surface area (Å²) in [6.07, 6.45) is 3.80. The Balaban J connectivity index is 1.56. The molecule has 0 bridgehead atoms. The van der Waals surface area contributed by atoms with Gasteiger partial charge in [-0.25, -0.2) is 4.98 Å². The van der Waals surface area contributed by atoms with Crippen molar-refractivity contribution >= 4 is 34.3 Å². The molecule has 0 aliphatic rings. The van der Waals surface area contributed by atoms with Gasteiger partial charge in [-0.2, -0.15) is 0 Å². The summed E-state index contributed by atoms with van der Waals surface area (Å²) in [4.78, 5) is 33.7. The van der Waals surface area contributed by atoms with Gasteiger partial charge >= 0.3 is 0 Å². The average Bonchev–Trinajstić information content (AvgIpc) is 3.26. The number of aromatic nitrogens is 2. The molecule has 8 heteroatoms. The van der Waals surface area contributed by atoms with Gasteiger partial charge in [0.05, 0.1) is 17.2 Å². The molecule has 2 heterocycles. The Morgan fingerprint density at radius 3 is 2.68 bits per heavy atom. The van der Waals surface area contributed by atoms with E-state index in [2.05, 4.69) is 20.6 Å². The smallest absolute Gasteiger partial charge is 0.253 e. The van der Waals surface area contributed by atoms with Gasteiger partial charge in [0.25, 0.3) is 5.91 Å². The first-order chi connectivity index (χ1) is 16.6. The summed E-state index contributed by atoms with van der Waals surface area (Å²) in [5.41, 5.74) is 2.95. The highest BCUT2D eigenvalue weighted by Gasteiger charge is 2.24. The number of para-hydroxylation sites is 1. The number of benzene rings is 2. The number of amides is 2. The number of hydrogen-bond acceptors (Lipinski definition) is 4. The highest BCUT2D eigenvalue weighted by Crippen LogP contribution is 2.20. The number of nitrogens with zero attached hydrogens (tertiary/aromatic N) is 1. The second-order valence-electron chi connectivity index (χ2n) is 7.69. The van der Waals surface area contributed by atoms with E-state index in [0.717, 1.165) is 22.0 Å². The van der Waals surface area contributed by atoms with Gasteiger partial charge in [-0.05, 0) is 36.8 Å². The van der Waals surface area contributed by atoms with E-state index in [0.29, 0.717) is 29.5 Å². The van der Waals surface area contributed by atoms with Gasteiger partial charge in [0.2, 0.25) is 11.8 Å². The Morgan fingerprint density at radius 1 is 1.06 bits per heavy atom. The van der Waals surface area contributed by atoms with Crippen molar-refractivity contribution in [1.82, 2.24) is 20.6 Å². The van der Waals surface area contributed by atoms with Crippen LogP contribution in [0.3, 0.4) is 0 Å². The van der Waals surface area contributed by atoms with E-state index in [1.54, 1.807) is 36.5 Å². The van der Waals surface area contributed by atoms with Crippen molar-refractivity contribution in [3.05, 3.63) is 94.8 Å². The number of H-pyrrole nitrogens is 1. The van der Waals surface area contributed by atoms with Crippen molar-refractivity contribution in [1.29, 1.82) is 0 Å². The first-order valence-electron chi connectivity index (χ1n) is 11.0. The number of carbonyl (C=O) groups excluding carboxylic acids is 2. The van der Waals surface area contributed by atoms with Crippen LogP contribution in [-0.2, 0) is 17.8 Å². The molecule has 1 atom stereocenters. The van der Waals surface area contributed by atoms with Crippen molar-refractivity contribution in [2.45, 2.75) is 25.9 Å². The molecule has 7 nitrogen and oxygen atoms in total. The van der Waals surface area contributed by atoms with Gasteiger partial charge < -0.3 is 20.4 Å². The molecular formula is C26H25ClN4O3. The van der Waals surface area contributed by atoms with Crippen LogP contribution in [0.5, 0.6) is 5.88 Å². The monoisotopic (exact) mass is 476 g/mol. The van der Waals surface area contributed by atoms with Crippen molar-refractivity contribution in [3.8, 4) is 5.88 Å². The zero-order valence-electron chi connectivity index (χ0n) is 18.7. The molecule has 2 amide bonds. The molecule has 0 aliphatic heterocycles. The maximum absolute atomic E-state index is 13.3. The third-order valence-corrected chi connectivity index (χ3v) is 5.75. The molecule has 2 aromatic heterocycles. The molecule has 0 fully saturated rings. The minimum absolute atomic E-state index is 0.217. The van der Waals surface area contributed by atoms with Crippen LogP contribution in [0.4, 0.5) is 0 Å². The van der Waals surface area contributed by atoms with Crippen LogP contribution < -0.4 is 15.4 Å². The number of fused-ring (bicyclic) bond motifs is 1. The van der Waals surface area contributed by atoms with E-state index in [4.69, 9.17) is 16.3 Å². The molecule has 0 spiro atoms. The van der Waals surface area contributed by atoms with Crippen molar-refractivity contribution in [3.63, 3.8) is 0 Å². The molecule has 174 valence electrons. The Morgan fingerprint density at radius 2 is 1.85 bits per heavy atom. The predicted molar refractivity (Wildman–Crippen MR) is 132 cm³/mol. The summed E-state index contributed by atoms with van der Waals surface area (Å²) >= 11 is 6.20. The van der Waals surface area contributed by atoms with Gasteiger partial charge in [0.1, 0.15) is 6.04 Å². The Bertz CT molecular complexity index is 1300. The third-order valence-electron chi connectivity index (χ3n) is 5.42. The number of carbonyl (C=O) groups is 2. The largest absolute Gasteiger partial charge is 0.478 e. The number of hydrogen-bond donors (Lipinski definition) is 3. The minimum Gasteiger partial charge on any atom is -0.478 e. The number of pyridine rings is 1. The molecule has 0 aliphatic carbocycles. The fourth-order valence-corrected chi connectivity index (χ4v) is 3.96. The van der Waals surface area contributed by atoms with Gasteiger partial charge in [-0.3, -0.25) is 9.59 Å². The summed E-state index contributed by atoms with van der Waals surface area (Å²) < 4.78 is 5.55. The number of ether oxygens (including phenoxy) is 1. The first kappa shape index (κ1) is 23.3. The SMILES string of the molecule is CCOc1ncccc1CNC(=O)C(Cc1c[nH]c2ccccc12)NC(=O)c1ccccc1Cl. The number of aromatic amines is 1. The Labute approximate surface area is 202 Å². The number of nitrogens with one attached hydrogen (secondary N) is 3.